The van der Waals surface area contributed by atoms with Gasteiger partial charge in [0, 0.05) is 6.92 Å². The Bertz CT molecular complexity index is 78.9. The number of rotatable bonds is 1. The molecule has 0 bridgehead atoms. The zero-order chi connectivity index (χ0) is 5.15. The fourth-order valence-corrected chi connectivity index (χ4v) is 0. The topological polar surface area (TPSA) is 37.3 Å². The van der Waals surface area contributed by atoms with E-state index in [2.05, 4.69) is 6.58 Å². The van der Waals surface area contributed by atoms with Gasteiger partial charge in [0.15, 0.2) is 5.31 Å². The third-order valence-electron chi connectivity index (χ3n) is 0.327. The molecule has 0 amide bonds. The standard InChI is InChI=1S/C3H5O2P.ClH/c1-3(2)6(4)5;/h1H2,2H3;1H/p+1. The molecule has 0 radical (unpaired) electrons. The maximum Gasteiger partial charge on any atom is 0.540 e. The second-order valence-electron chi connectivity index (χ2n) is 1.01. The summed E-state index contributed by atoms with van der Waals surface area (Å²) in [4.78, 5) is 8.04. The average Bonchev–Trinajstić information content (AvgIpc) is 1.36. The van der Waals surface area contributed by atoms with E-state index in [0.717, 1.165) is 0 Å². The predicted octanol–water partition coefficient (Wildman–Crippen LogP) is 1.68. The van der Waals surface area contributed by atoms with Crippen LogP contribution < -0.4 is 0 Å². The van der Waals surface area contributed by atoms with Gasteiger partial charge in [-0.15, -0.1) is 12.4 Å². The van der Waals surface area contributed by atoms with Crippen molar-refractivity contribution < 1.29 is 9.46 Å². The van der Waals surface area contributed by atoms with Gasteiger partial charge in [0.2, 0.25) is 0 Å². The SMILES string of the molecule is C=C(C)[P+](=O)O.Cl. The average molecular weight is 142 g/mol. The van der Waals surface area contributed by atoms with Crippen molar-refractivity contribution in [3.8, 4) is 0 Å². The quantitative estimate of drug-likeness (QED) is 0.564. The summed E-state index contributed by atoms with van der Waals surface area (Å²) in [5, 5.41) is 0.324. The van der Waals surface area contributed by atoms with Crippen molar-refractivity contribution in [2.24, 2.45) is 0 Å². The monoisotopic (exact) mass is 141 g/mol. The Morgan fingerprint density at radius 1 is 1.86 bits per heavy atom. The van der Waals surface area contributed by atoms with E-state index >= 15 is 0 Å². The highest BCUT2D eigenvalue weighted by molar-refractivity contribution is 7.43. The van der Waals surface area contributed by atoms with Crippen LogP contribution in [-0.2, 0) is 4.57 Å². The lowest BCUT2D eigenvalue weighted by Crippen LogP contribution is -1.54. The van der Waals surface area contributed by atoms with Crippen molar-refractivity contribution >= 4 is 20.4 Å². The minimum Gasteiger partial charge on any atom is -0.156 e. The first kappa shape index (κ1) is 10.1. The van der Waals surface area contributed by atoms with Crippen LogP contribution in [0.15, 0.2) is 11.9 Å². The number of allylic oxidation sites excluding steroid dienone is 1. The van der Waals surface area contributed by atoms with E-state index in [1.807, 2.05) is 0 Å². The van der Waals surface area contributed by atoms with Crippen LogP contribution in [0.2, 0.25) is 0 Å². The summed E-state index contributed by atoms with van der Waals surface area (Å²) < 4.78 is 9.75. The maximum absolute atomic E-state index is 9.75. The van der Waals surface area contributed by atoms with E-state index in [4.69, 9.17) is 4.89 Å². The number of hydrogen-bond donors (Lipinski definition) is 1. The van der Waals surface area contributed by atoms with Gasteiger partial charge in [-0.2, -0.15) is 4.89 Å². The van der Waals surface area contributed by atoms with Crippen LogP contribution in [0.5, 0.6) is 0 Å². The fourth-order valence-electron chi connectivity index (χ4n) is 0. The van der Waals surface area contributed by atoms with Crippen molar-refractivity contribution in [3.05, 3.63) is 11.9 Å². The van der Waals surface area contributed by atoms with Crippen molar-refractivity contribution in [2.75, 3.05) is 0 Å². The Hall–Kier alpha value is 0.0900. The van der Waals surface area contributed by atoms with Gasteiger partial charge in [0.1, 0.15) is 0 Å². The summed E-state index contributed by atoms with van der Waals surface area (Å²) >= 11 is 0. The Morgan fingerprint density at radius 2 is 2.00 bits per heavy atom. The molecule has 0 aromatic rings. The van der Waals surface area contributed by atoms with Crippen LogP contribution in [0.25, 0.3) is 0 Å². The van der Waals surface area contributed by atoms with Crippen LogP contribution in [0.1, 0.15) is 6.92 Å². The van der Waals surface area contributed by atoms with E-state index in [0.29, 0.717) is 5.31 Å². The molecule has 0 aromatic heterocycles. The summed E-state index contributed by atoms with van der Waals surface area (Å²) in [7, 11) is -2.10. The zero-order valence-corrected chi connectivity index (χ0v) is 5.63. The van der Waals surface area contributed by atoms with Gasteiger partial charge in [0.05, 0.1) is 0 Å². The first-order valence-electron chi connectivity index (χ1n) is 1.46. The first-order valence-corrected chi connectivity index (χ1v) is 2.67. The summed E-state index contributed by atoms with van der Waals surface area (Å²) in [5.41, 5.74) is 0. The van der Waals surface area contributed by atoms with E-state index in [9.17, 15) is 4.57 Å². The molecule has 0 aromatic carbocycles. The summed E-state index contributed by atoms with van der Waals surface area (Å²) in [6.07, 6.45) is 0. The second-order valence-corrected chi connectivity index (χ2v) is 2.32. The Kier molecular flexibility index (Phi) is 6.17. The zero-order valence-electron chi connectivity index (χ0n) is 3.92. The van der Waals surface area contributed by atoms with Crippen LogP contribution in [-0.4, -0.2) is 4.89 Å². The summed E-state index contributed by atoms with van der Waals surface area (Å²) in [5.74, 6) is 0. The molecule has 1 N–H and O–H groups in total. The van der Waals surface area contributed by atoms with Gasteiger partial charge in [0.25, 0.3) is 0 Å². The van der Waals surface area contributed by atoms with E-state index < -0.39 is 8.03 Å². The summed E-state index contributed by atoms with van der Waals surface area (Å²) in [6, 6.07) is 0. The van der Waals surface area contributed by atoms with Gasteiger partial charge >= 0.3 is 8.03 Å². The van der Waals surface area contributed by atoms with E-state index in [-0.39, 0.29) is 12.4 Å². The van der Waals surface area contributed by atoms with E-state index in [1.165, 1.54) is 6.92 Å². The molecule has 7 heavy (non-hydrogen) atoms. The lowest BCUT2D eigenvalue weighted by atomic mass is 10.8. The van der Waals surface area contributed by atoms with Crippen LogP contribution in [0.4, 0.5) is 0 Å². The third kappa shape index (κ3) is 6.09. The third-order valence-corrected chi connectivity index (χ3v) is 0.980. The van der Waals surface area contributed by atoms with Crippen molar-refractivity contribution in [1.29, 1.82) is 0 Å². The minimum absolute atomic E-state index is 0. The lowest BCUT2D eigenvalue weighted by molar-refractivity contribution is 0.510. The number of halogens is 1. The molecular formula is C3H7ClO2P+. The molecule has 2 nitrogen and oxygen atoms in total. The lowest BCUT2D eigenvalue weighted by Gasteiger charge is -1.61. The molecule has 0 rings (SSSR count). The van der Waals surface area contributed by atoms with Gasteiger partial charge in [-0.1, -0.05) is 0 Å². The van der Waals surface area contributed by atoms with Gasteiger partial charge in [-0.25, -0.2) is 0 Å². The van der Waals surface area contributed by atoms with Crippen LogP contribution in [0, 0.1) is 0 Å². The molecule has 0 spiro atoms. The predicted molar refractivity (Wildman–Crippen MR) is 31.9 cm³/mol. The molecule has 42 valence electrons. The van der Waals surface area contributed by atoms with Gasteiger partial charge < -0.3 is 0 Å². The molecule has 0 aliphatic carbocycles. The highest BCUT2D eigenvalue weighted by atomic mass is 35.5. The van der Waals surface area contributed by atoms with Crippen molar-refractivity contribution in [2.45, 2.75) is 6.92 Å². The Balaban J connectivity index is 0. The van der Waals surface area contributed by atoms with E-state index in [1.54, 1.807) is 0 Å². The molecule has 0 saturated heterocycles. The molecule has 4 heteroatoms. The molecule has 1 atom stereocenters. The van der Waals surface area contributed by atoms with Crippen molar-refractivity contribution in [3.63, 3.8) is 0 Å². The summed E-state index contributed by atoms with van der Waals surface area (Å²) in [6.45, 7) is 4.73. The molecular weight excluding hydrogens is 134 g/mol. The highest BCUT2D eigenvalue weighted by Crippen LogP contribution is 2.22. The second kappa shape index (κ2) is 4.25. The van der Waals surface area contributed by atoms with Gasteiger partial charge in [-0.05, 0) is 11.1 Å². The molecule has 1 unspecified atom stereocenters. The largest absolute Gasteiger partial charge is 0.540 e. The normalized spacial score (nSPS) is 9.14. The smallest absolute Gasteiger partial charge is 0.156 e. The first-order chi connectivity index (χ1) is 2.64. The van der Waals surface area contributed by atoms with Crippen LogP contribution >= 0.6 is 20.4 Å². The van der Waals surface area contributed by atoms with Crippen molar-refractivity contribution in [1.82, 2.24) is 0 Å². The molecule has 0 aliphatic rings. The maximum atomic E-state index is 9.75. The highest BCUT2D eigenvalue weighted by Gasteiger charge is 2.08. The van der Waals surface area contributed by atoms with Crippen LogP contribution in [0.3, 0.4) is 0 Å². The molecule has 0 aliphatic heterocycles. The Labute approximate surface area is 49.5 Å². The number of hydrogen-bond acceptors (Lipinski definition) is 1. The minimum atomic E-state index is -2.10. The molecule has 0 heterocycles. The molecule has 0 saturated carbocycles. The Morgan fingerprint density at radius 3 is 2.00 bits per heavy atom. The van der Waals surface area contributed by atoms with Gasteiger partial charge in [-0.3, -0.25) is 0 Å². The molecule has 0 fully saturated rings. The fraction of sp³-hybridized carbons (Fsp3) is 0.333.